The van der Waals surface area contributed by atoms with Gasteiger partial charge in [0, 0.05) is 12.1 Å². The molecular formula is C11H13BrN2O. The molecule has 1 heterocycles. The van der Waals surface area contributed by atoms with Crippen molar-refractivity contribution in [2.45, 2.75) is 19.9 Å². The molecular weight excluding hydrogens is 256 g/mol. The fraction of sp³-hybridized carbons (Fsp3) is 0.364. The maximum absolute atomic E-state index is 5.27. The van der Waals surface area contributed by atoms with Gasteiger partial charge in [-0.1, -0.05) is 0 Å². The zero-order valence-corrected chi connectivity index (χ0v) is 10.6. The number of methoxy groups -OCH3 is 1. The number of imidazole rings is 1. The second-order valence-corrected chi connectivity index (χ2v) is 4.58. The smallest absolute Gasteiger partial charge is 0.135 e. The van der Waals surface area contributed by atoms with Crippen molar-refractivity contribution in [2.24, 2.45) is 0 Å². The van der Waals surface area contributed by atoms with Gasteiger partial charge in [-0.05, 0) is 35.8 Å². The summed E-state index contributed by atoms with van der Waals surface area (Å²) >= 11 is 3.45. The van der Waals surface area contributed by atoms with Gasteiger partial charge in [0.2, 0.25) is 0 Å². The van der Waals surface area contributed by atoms with Crippen LogP contribution < -0.4 is 4.74 Å². The Morgan fingerprint density at radius 1 is 1.40 bits per heavy atom. The van der Waals surface area contributed by atoms with Crippen LogP contribution >= 0.6 is 15.9 Å². The molecule has 3 nitrogen and oxygen atoms in total. The van der Waals surface area contributed by atoms with Gasteiger partial charge in [0.25, 0.3) is 0 Å². The Hall–Kier alpha value is -1.03. The highest BCUT2D eigenvalue weighted by molar-refractivity contribution is 9.10. The van der Waals surface area contributed by atoms with Gasteiger partial charge in [-0.3, -0.25) is 0 Å². The lowest BCUT2D eigenvalue weighted by atomic mass is 10.3. The Bertz CT molecular complexity index is 491. The SMILES string of the molecule is COc1cc2c(cc1Br)ncn2C(C)C. The van der Waals surface area contributed by atoms with E-state index in [2.05, 4.69) is 39.3 Å². The molecule has 2 aromatic rings. The normalized spacial score (nSPS) is 11.3. The van der Waals surface area contributed by atoms with Crippen molar-refractivity contribution in [3.05, 3.63) is 22.9 Å². The van der Waals surface area contributed by atoms with E-state index < -0.39 is 0 Å². The molecule has 0 spiro atoms. The minimum Gasteiger partial charge on any atom is -0.495 e. The van der Waals surface area contributed by atoms with E-state index >= 15 is 0 Å². The van der Waals surface area contributed by atoms with Crippen molar-refractivity contribution in [3.8, 4) is 5.75 Å². The van der Waals surface area contributed by atoms with Gasteiger partial charge in [0.15, 0.2) is 0 Å². The molecule has 80 valence electrons. The zero-order valence-electron chi connectivity index (χ0n) is 8.99. The van der Waals surface area contributed by atoms with Crippen LogP contribution in [0, 0.1) is 0 Å². The molecule has 2 rings (SSSR count). The predicted molar refractivity (Wildman–Crippen MR) is 64.4 cm³/mol. The summed E-state index contributed by atoms with van der Waals surface area (Å²) in [5, 5.41) is 0. The number of halogens is 1. The summed E-state index contributed by atoms with van der Waals surface area (Å²) < 4.78 is 8.34. The summed E-state index contributed by atoms with van der Waals surface area (Å²) in [7, 11) is 1.67. The first kappa shape index (κ1) is 10.5. The predicted octanol–water partition coefficient (Wildman–Crippen LogP) is 3.39. The van der Waals surface area contributed by atoms with Crippen LogP contribution in [0.15, 0.2) is 22.9 Å². The lowest BCUT2D eigenvalue weighted by Crippen LogP contribution is -1.98. The van der Waals surface area contributed by atoms with E-state index in [4.69, 9.17) is 4.74 Å². The van der Waals surface area contributed by atoms with Crippen LogP contribution in [0.2, 0.25) is 0 Å². The number of ether oxygens (including phenoxy) is 1. The number of aromatic nitrogens is 2. The average molecular weight is 269 g/mol. The average Bonchev–Trinajstić information content (AvgIpc) is 2.59. The molecule has 0 aliphatic carbocycles. The van der Waals surface area contributed by atoms with Crippen molar-refractivity contribution in [1.82, 2.24) is 9.55 Å². The first-order valence-corrected chi connectivity index (χ1v) is 5.63. The van der Waals surface area contributed by atoms with E-state index in [1.807, 2.05) is 18.5 Å². The van der Waals surface area contributed by atoms with E-state index in [1.165, 1.54) is 0 Å². The molecule has 0 aliphatic heterocycles. The first-order chi connectivity index (χ1) is 7.13. The molecule has 0 atom stereocenters. The maximum atomic E-state index is 5.27. The fourth-order valence-electron chi connectivity index (χ4n) is 1.60. The molecule has 1 aromatic carbocycles. The van der Waals surface area contributed by atoms with Gasteiger partial charge < -0.3 is 9.30 Å². The van der Waals surface area contributed by atoms with Crippen molar-refractivity contribution in [2.75, 3.05) is 7.11 Å². The van der Waals surface area contributed by atoms with Crippen LogP contribution in [0.3, 0.4) is 0 Å². The van der Waals surface area contributed by atoms with Gasteiger partial charge in [0.1, 0.15) is 5.75 Å². The van der Waals surface area contributed by atoms with Crippen molar-refractivity contribution in [3.63, 3.8) is 0 Å². The van der Waals surface area contributed by atoms with E-state index in [0.717, 1.165) is 21.3 Å². The molecule has 0 N–H and O–H groups in total. The van der Waals surface area contributed by atoms with Gasteiger partial charge in [-0.15, -0.1) is 0 Å². The quantitative estimate of drug-likeness (QED) is 0.835. The minimum atomic E-state index is 0.404. The monoisotopic (exact) mass is 268 g/mol. The molecule has 0 saturated carbocycles. The second kappa shape index (κ2) is 3.85. The summed E-state index contributed by atoms with van der Waals surface area (Å²) in [4.78, 5) is 4.35. The van der Waals surface area contributed by atoms with E-state index in [9.17, 15) is 0 Å². The van der Waals surface area contributed by atoms with E-state index in [1.54, 1.807) is 7.11 Å². The van der Waals surface area contributed by atoms with Crippen LogP contribution in [0.4, 0.5) is 0 Å². The summed E-state index contributed by atoms with van der Waals surface area (Å²) in [5.74, 6) is 0.838. The Kier molecular flexibility index (Phi) is 2.69. The lowest BCUT2D eigenvalue weighted by Gasteiger charge is -2.09. The number of fused-ring (bicyclic) bond motifs is 1. The third-order valence-corrected chi connectivity index (χ3v) is 3.02. The Labute approximate surface area is 97.2 Å². The van der Waals surface area contributed by atoms with Crippen LogP contribution in [-0.2, 0) is 0 Å². The fourth-order valence-corrected chi connectivity index (χ4v) is 2.09. The standard InChI is InChI=1S/C11H13BrN2O/c1-7(2)14-6-13-9-4-8(12)11(15-3)5-10(9)14/h4-7H,1-3H3. The van der Waals surface area contributed by atoms with Crippen LogP contribution in [0.5, 0.6) is 5.75 Å². The number of benzene rings is 1. The summed E-state index contributed by atoms with van der Waals surface area (Å²) in [6.45, 7) is 4.27. The molecule has 0 fully saturated rings. The molecule has 4 heteroatoms. The summed E-state index contributed by atoms with van der Waals surface area (Å²) in [5.41, 5.74) is 2.08. The van der Waals surface area contributed by atoms with Crippen molar-refractivity contribution >= 4 is 27.0 Å². The summed E-state index contributed by atoms with van der Waals surface area (Å²) in [6.07, 6.45) is 1.86. The van der Waals surface area contributed by atoms with Gasteiger partial charge >= 0.3 is 0 Å². The number of hydrogen-bond donors (Lipinski definition) is 0. The van der Waals surface area contributed by atoms with Crippen LogP contribution in [-0.4, -0.2) is 16.7 Å². The van der Waals surface area contributed by atoms with Crippen molar-refractivity contribution < 1.29 is 4.74 Å². The van der Waals surface area contributed by atoms with Gasteiger partial charge in [0.05, 0.1) is 28.9 Å². The highest BCUT2D eigenvalue weighted by Gasteiger charge is 2.09. The maximum Gasteiger partial charge on any atom is 0.135 e. The molecule has 15 heavy (non-hydrogen) atoms. The molecule has 0 aliphatic rings. The second-order valence-electron chi connectivity index (χ2n) is 3.72. The summed E-state index contributed by atoms with van der Waals surface area (Å²) in [6, 6.07) is 4.39. The van der Waals surface area contributed by atoms with Crippen LogP contribution in [0.25, 0.3) is 11.0 Å². The number of nitrogens with zero attached hydrogens (tertiary/aromatic N) is 2. The first-order valence-electron chi connectivity index (χ1n) is 4.83. The molecule has 0 radical (unpaired) electrons. The third-order valence-electron chi connectivity index (χ3n) is 2.40. The minimum absolute atomic E-state index is 0.404. The molecule has 0 saturated heterocycles. The van der Waals surface area contributed by atoms with E-state index in [0.29, 0.717) is 6.04 Å². The lowest BCUT2D eigenvalue weighted by molar-refractivity contribution is 0.412. The Morgan fingerprint density at radius 3 is 2.73 bits per heavy atom. The zero-order chi connectivity index (χ0) is 11.0. The Balaban J connectivity index is 2.69. The molecule has 1 aromatic heterocycles. The molecule has 0 bridgehead atoms. The van der Waals surface area contributed by atoms with Crippen LogP contribution in [0.1, 0.15) is 19.9 Å². The van der Waals surface area contributed by atoms with Gasteiger partial charge in [-0.2, -0.15) is 0 Å². The molecule has 0 amide bonds. The highest BCUT2D eigenvalue weighted by Crippen LogP contribution is 2.30. The largest absolute Gasteiger partial charge is 0.495 e. The Morgan fingerprint density at radius 2 is 2.13 bits per heavy atom. The van der Waals surface area contributed by atoms with Crippen molar-refractivity contribution in [1.29, 1.82) is 0 Å². The molecule has 0 unspecified atom stereocenters. The highest BCUT2D eigenvalue weighted by atomic mass is 79.9. The number of hydrogen-bond acceptors (Lipinski definition) is 2. The van der Waals surface area contributed by atoms with E-state index in [-0.39, 0.29) is 0 Å². The van der Waals surface area contributed by atoms with Gasteiger partial charge in [-0.25, -0.2) is 4.98 Å². The topological polar surface area (TPSA) is 27.1 Å². The number of rotatable bonds is 2. The third kappa shape index (κ3) is 1.74.